The van der Waals surface area contributed by atoms with Crippen molar-refractivity contribution >= 4 is 40.3 Å². The Kier molecular flexibility index (Phi) is 6.10. The highest BCUT2D eigenvalue weighted by molar-refractivity contribution is 6.32. The number of aromatic nitrogens is 1. The minimum Gasteiger partial charge on any atom is -0.506 e. The van der Waals surface area contributed by atoms with E-state index in [1.807, 2.05) is 41.1 Å². The van der Waals surface area contributed by atoms with Gasteiger partial charge in [-0.05, 0) is 42.8 Å². The van der Waals surface area contributed by atoms with Crippen molar-refractivity contribution < 1.29 is 14.8 Å². The summed E-state index contributed by atoms with van der Waals surface area (Å²) in [7, 11) is 0. The molecule has 0 radical (unpaired) electrons. The fourth-order valence-corrected chi connectivity index (χ4v) is 3.77. The smallest absolute Gasteiger partial charge is 0.272 e. The van der Waals surface area contributed by atoms with Crippen LogP contribution in [-0.2, 0) is 6.54 Å². The van der Waals surface area contributed by atoms with Gasteiger partial charge in [-0.25, -0.2) is 5.43 Å². The number of hydrogen-bond donors (Lipinski definition) is 2. The number of hydrogen-bond acceptors (Lipinski definition) is 5. The number of amides is 1. The largest absolute Gasteiger partial charge is 0.506 e. The highest BCUT2D eigenvalue weighted by Gasteiger charge is 2.14. The summed E-state index contributed by atoms with van der Waals surface area (Å²) < 4.78 is 2.01. The molecule has 0 saturated heterocycles. The predicted octanol–water partition coefficient (Wildman–Crippen LogP) is 5.03. The van der Waals surface area contributed by atoms with Gasteiger partial charge in [0.1, 0.15) is 5.75 Å². The lowest BCUT2D eigenvalue weighted by atomic mass is 10.1. The van der Waals surface area contributed by atoms with Crippen molar-refractivity contribution in [3.05, 3.63) is 104 Å². The van der Waals surface area contributed by atoms with Crippen LogP contribution in [-0.4, -0.2) is 26.7 Å². The molecule has 4 aromatic rings. The van der Waals surface area contributed by atoms with Crippen LogP contribution in [0.3, 0.4) is 0 Å². The van der Waals surface area contributed by atoms with E-state index >= 15 is 0 Å². The van der Waals surface area contributed by atoms with E-state index in [1.54, 1.807) is 19.2 Å². The Morgan fingerprint density at radius 3 is 2.76 bits per heavy atom. The number of nitrogens with one attached hydrogen (secondary N) is 1. The molecule has 0 aliphatic carbocycles. The van der Waals surface area contributed by atoms with Crippen LogP contribution >= 0.6 is 11.6 Å². The van der Waals surface area contributed by atoms with E-state index < -0.39 is 5.91 Å². The maximum absolute atomic E-state index is 12.3. The van der Waals surface area contributed by atoms with Crippen LogP contribution in [0.2, 0.25) is 5.02 Å². The average molecular weight is 463 g/mol. The summed E-state index contributed by atoms with van der Waals surface area (Å²) in [5.41, 5.74) is 6.05. The maximum Gasteiger partial charge on any atom is 0.272 e. The van der Waals surface area contributed by atoms with Gasteiger partial charge in [-0.3, -0.25) is 14.9 Å². The summed E-state index contributed by atoms with van der Waals surface area (Å²) in [6, 6.07) is 16.9. The summed E-state index contributed by atoms with van der Waals surface area (Å²) in [4.78, 5) is 23.1. The Morgan fingerprint density at radius 2 is 2.00 bits per heavy atom. The van der Waals surface area contributed by atoms with Gasteiger partial charge in [0.25, 0.3) is 11.6 Å². The van der Waals surface area contributed by atoms with Gasteiger partial charge in [-0.15, -0.1) is 0 Å². The molecule has 3 aromatic carbocycles. The van der Waals surface area contributed by atoms with E-state index in [1.165, 1.54) is 24.3 Å². The lowest BCUT2D eigenvalue weighted by molar-refractivity contribution is -0.385. The van der Waals surface area contributed by atoms with Crippen molar-refractivity contribution in [1.29, 1.82) is 0 Å². The Labute approximate surface area is 193 Å². The van der Waals surface area contributed by atoms with Gasteiger partial charge in [0, 0.05) is 46.4 Å². The van der Waals surface area contributed by atoms with Gasteiger partial charge in [0.05, 0.1) is 16.2 Å². The third kappa shape index (κ3) is 4.56. The molecule has 9 heteroatoms. The Hall–Kier alpha value is -4.17. The molecule has 0 saturated carbocycles. The third-order valence-electron chi connectivity index (χ3n) is 5.38. The normalized spacial score (nSPS) is 11.2. The number of nitrogens with zero attached hydrogens (tertiary/aromatic N) is 3. The Balaban J connectivity index is 1.55. The molecule has 33 heavy (non-hydrogen) atoms. The number of aromatic hydroxyl groups is 1. The van der Waals surface area contributed by atoms with Crippen molar-refractivity contribution in [2.45, 2.75) is 13.5 Å². The molecule has 0 atom stereocenters. The summed E-state index contributed by atoms with van der Waals surface area (Å²) in [5.74, 6) is -0.563. The molecule has 1 aromatic heterocycles. The second kappa shape index (κ2) is 9.13. The highest BCUT2D eigenvalue weighted by atomic mass is 35.5. The van der Waals surface area contributed by atoms with Crippen molar-refractivity contribution in [2.24, 2.45) is 5.10 Å². The number of rotatable bonds is 6. The molecule has 0 aliphatic rings. The Bertz CT molecular complexity index is 1410. The zero-order valence-electron chi connectivity index (χ0n) is 17.5. The van der Waals surface area contributed by atoms with E-state index in [2.05, 4.69) is 10.5 Å². The fourth-order valence-electron chi connectivity index (χ4n) is 3.59. The topological polar surface area (TPSA) is 110 Å². The number of phenols is 1. The molecule has 4 rings (SSSR count). The lowest BCUT2D eigenvalue weighted by Gasteiger charge is -2.09. The molecular weight excluding hydrogens is 444 g/mol. The van der Waals surface area contributed by atoms with Gasteiger partial charge in [0.15, 0.2) is 0 Å². The van der Waals surface area contributed by atoms with Gasteiger partial charge in [0.2, 0.25) is 0 Å². The van der Waals surface area contributed by atoms with Crippen LogP contribution in [0.5, 0.6) is 5.75 Å². The van der Waals surface area contributed by atoms with Crippen LogP contribution in [0, 0.1) is 17.0 Å². The van der Waals surface area contributed by atoms with Crippen LogP contribution in [0.25, 0.3) is 10.9 Å². The van der Waals surface area contributed by atoms with E-state index in [0.29, 0.717) is 12.1 Å². The molecule has 0 spiro atoms. The Morgan fingerprint density at radius 1 is 1.21 bits per heavy atom. The number of phenolic OH excluding ortho intramolecular Hbond substituents is 1. The molecule has 1 amide bonds. The first-order valence-electron chi connectivity index (χ1n) is 9.98. The summed E-state index contributed by atoms with van der Waals surface area (Å²) in [6.07, 6.45) is 3.46. The first-order valence-corrected chi connectivity index (χ1v) is 10.4. The molecule has 0 aliphatic heterocycles. The predicted molar refractivity (Wildman–Crippen MR) is 127 cm³/mol. The summed E-state index contributed by atoms with van der Waals surface area (Å²) in [5, 5.41) is 25.8. The molecule has 0 fully saturated rings. The monoisotopic (exact) mass is 462 g/mol. The second-order valence-electron chi connectivity index (χ2n) is 7.41. The van der Waals surface area contributed by atoms with Gasteiger partial charge in [-0.1, -0.05) is 35.9 Å². The molecular formula is C24H19ClN4O4. The first-order chi connectivity index (χ1) is 15.8. The van der Waals surface area contributed by atoms with Crippen molar-refractivity contribution in [1.82, 2.24) is 9.99 Å². The maximum atomic E-state index is 12.3. The zero-order valence-corrected chi connectivity index (χ0v) is 18.3. The van der Waals surface area contributed by atoms with E-state index in [-0.39, 0.29) is 26.9 Å². The minimum absolute atomic E-state index is 0.0803. The van der Waals surface area contributed by atoms with E-state index in [9.17, 15) is 20.0 Å². The van der Waals surface area contributed by atoms with Crippen molar-refractivity contribution in [2.75, 3.05) is 0 Å². The number of nitro benzene ring substituents is 1. The van der Waals surface area contributed by atoms with Gasteiger partial charge >= 0.3 is 0 Å². The van der Waals surface area contributed by atoms with Crippen LogP contribution in [0.1, 0.15) is 27.0 Å². The van der Waals surface area contributed by atoms with Gasteiger partial charge in [-0.2, -0.15) is 5.10 Å². The number of benzene rings is 3. The molecule has 1 heterocycles. The van der Waals surface area contributed by atoms with E-state index in [0.717, 1.165) is 22.0 Å². The highest BCUT2D eigenvalue weighted by Crippen LogP contribution is 2.25. The summed E-state index contributed by atoms with van der Waals surface area (Å²) >= 11 is 5.84. The second-order valence-corrected chi connectivity index (χ2v) is 7.81. The van der Waals surface area contributed by atoms with Gasteiger partial charge < -0.3 is 9.67 Å². The fraction of sp³-hybridized carbons (Fsp3) is 0.0833. The number of fused-ring (bicyclic) bond motifs is 1. The standard InChI is InChI=1S/C24H19ClN4O4/c1-15-18(5-3-6-21(15)29(32)33)14-28-11-10-19-17(4-2-7-22(19)28)13-26-27-24(31)16-8-9-23(30)20(25)12-16/h2-13,30H,14H2,1H3,(H,27,31). The van der Waals surface area contributed by atoms with Crippen LogP contribution in [0.15, 0.2) is 72.0 Å². The minimum atomic E-state index is -0.459. The van der Waals surface area contributed by atoms with Crippen LogP contribution < -0.4 is 5.43 Å². The van der Waals surface area contributed by atoms with Crippen molar-refractivity contribution in [3.8, 4) is 5.75 Å². The molecule has 0 unspecified atom stereocenters. The third-order valence-corrected chi connectivity index (χ3v) is 5.68. The molecule has 0 bridgehead atoms. The summed E-state index contributed by atoms with van der Waals surface area (Å²) in [6.45, 7) is 2.23. The first kappa shape index (κ1) is 22.0. The molecule has 8 nitrogen and oxygen atoms in total. The number of hydrazone groups is 1. The average Bonchev–Trinajstić information content (AvgIpc) is 3.20. The number of halogens is 1. The van der Waals surface area contributed by atoms with Crippen molar-refractivity contribution in [3.63, 3.8) is 0 Å². The zero-order chi connectivity index (χ0) is 23.5. The van der Waals surface area contributed by atoms with Crippen LogP contribution in [0.4, 0.5) is 5.69 Å². The lowest BCUT2D eigenvalue weighted by Crippen LogP contribution is -2.17. The molecule has 166 valence electrons. The SMILES string of the molecule is Cc1c(Cn2ccc3c(C=NNC(=O)c4ccc(O)c(Cl)c4)cccc32)cccc1[N+](=O)[O-]. The number of carbonyl (C=O) groups is 1. The number of carbonyl (C=O) groups excluding carboxylic acids is 1. The molecule has 2 N–H and O–H groups in total. The number of nitro groups is 1. The van der Waals surface area contributed by atoms with E-state index in [4.69, 9.17) is 11.6 Å². The quantitative estimate of drug-likeness (QED) is 0.238.